The summed E-state index contributed by atoms with van der Waals surface area (Å²) in [5, 5.41) is 15.6. The third-order valence-electron chi connectivity index (χ3n) is 6.57. The molecule has 3 aromatic heterocycles. The van der Waals surface area contributed by atoms with E-state index in [2.05, 4.69) is 30.2 Å². The van der Waals surface area contributed by atoms with E-state index in [1.54, 1.807) is 48.7 Å². The van der Waals surface area contributed by atoms with Crippen molar-refractivity contribution in [3.8, 4) is 0 Å². The number of likely N-dealkylation sites (N-methyl/N-ethyl adjacent to an activating group) is 1. The van der Waals surface area contributed by atoms with E-state index in [1.165, 1.54) is 0 Å². The Balaban J connectivity index is 1.25. The van der Waals surface area contributed by atoms with Crippen LogP contribution in [0.2, 0.25) is 0 Å². The molecule has 4 aromatic rings. The molecule has 1 atom stereocenters. The molecule has 0 unspecified atom stereocenters. The molecule has 1 saturated heterocycles. The van der Waals surface area contributed by atoms with Gasteiger partial charge in [-0.2, -0.15) is 4.98 Å². The van der Waals surface area contributed by atoms with E-state index in [0.717, 1.165) is 40.9 Å². The van der Waals surface area contributed by atoms with E-state index in [0.29, 0.717) is 24.3 Å². The van der Waals surface area contributed by atoms with E-state index >= 15 is 0 Å². The number of aryl methyl sites for hydroxylation is 1. The Labute approximate surface area is 215 Å². The number of anilines is 4. The highest BCUT2D eigenvalue weighted by molar-refractivity contribution is 5.94. The molecule has 4 N–H and O–H groups in total. The van der Waals surface area contributed by atoms with Crippen molar-refractivity contribution in [1.29, 1.82) is 0 Å². The molecule has 0 saturated carbocycles. The third kappa shape index (κ3) is 5.44. The molecule has 10 heteroatoms. The number of aliphatic hydroxyl groups is 1. The summed E-state index contributed by atoms with van der Waals surface area (Å²) in [5.41, 5.74) is 8.62. The summed E-state index contributed by atoms with van der Waals surface area (Å²) in [6.45, 7) is 3.31. The highest BCUT2D eigenvalue weighted by Crippen LogP contribution is 2.31. The molecule has 1 aliphatic heterocycles. The lowest BCUT2D eigenvalue weighted by molar-refractivity contribution is 0.0000685. The number of aromatic nitrogens is 4. The van der Waals surface area contributed by atoms with Crippen molar-refractivity contribution >= 4 is 40.0 Å². The molecule has 1 fully saturated rings. The van der Waals surface area contributed by atoms with Crippen LogP contribution in [0.5, 0.6) is 0 Å². The van der Waals surface area contributed by atoms with Crippen LogP contribution in [-0.4, -0.2) is 68.1 Å². The zero-order valence-electron chi connectivity index (χ0n) is 20.9. The zero-order valence-corrected chi connectivity index (χ0v) is 20.9. The second kappa shape index (κ2) is 9.98. The highest BCUT2D eigenvalue weighted by atomic mass is 16.3. The molecule has 5 rings (SSSR count). The molecule has 190 valence electrons. The third-order valence-corrected chi connectivity index (χ3v) is 6.57. The average Bonchev–Trinajstić information content (AvgIpc) is 2.87. The van der Waals surface area contributed by atoms with Gasteiger partial charge in [0.25, 0.3) is 5.91 Å². The van der Waals surface area contributed by atoms with Gasteiger partial charge >= 0.3 is 0 Å². The van der Waals surface area contributed by atoms with Gasteiger partial charge in [0.15, 0.2) is 0 Å². The Morgan fingerprint density at radius 3 is 2.78 bits per heavy atom. The molecule has 0 bridgehead atoms. The van der Waals surface area contributed by atoms with Gasteiger partial charge in [0, 0.05) is 72.8 Å². The number of rotatable bonds is 6. The number of carbonyl (C=O) groups is 1. The molecule has 1 aliphatic rings. The molecule has 1 aromatic carbocycles. The number of amides is 1. The fraction of sp³-hybridized carbons (Fsp3) is 0.296. The van der Waals surface area contributed by atoms with E-state index < -0.39 is 5.60 Å². The summed E-state index contributed by atoms with van der Waals surface area (Å²) in [5.74, 6) is 0.629. The van der Waals surface area contributed by atoms with Crippen LogP contribution >= 0.6 is 0 Å². The van der Waals surface area contributed by atoms with Gasteiger partial charge in [0.05, 0.1) is 17.7 Å². The lowest BCUT2D eigenvalue weighted by atomic mass is 9.91. The van der Waals surface area contributed by atoms with E-state index in [1.807, 2.05) is 31.2 Å². The number of benzene rings is 1. The normalized spacial score (nSPS) is 17.5. The van der Waals surface area contributed by atoms with Crippen molar-refractivity contribution < 1.29 is 9.90 Å². The Bertz CT molecular complexity index is 1400. The van der Waals surface area contributed by atoms with Crippen molar-refractivity contribution in [2.45, 2.75) is 25.4 Å². The SMILES string of the molecule is Cc1cc(Nc2ccc(C(=O)N(C)C[C@]3(O)CCCN(c4ccnc5ccncc45)C3)cc2)nc(N)n1. The van der Waals surface area contributed by atoms with Crippen molar-refractivity contribution in [2.24, 2.45) is 0 Å². The van der Waals surface area contributed by atoms with E-state index in [-0.39, 0.29) is 18.4 Å². The number of nitrogens with one attached hydrogen (secondary N) is 1. The Kier molecular flexibility index (Phi) is 6.58. The number of pyridine rings is 2. The monoisotopic (exact) mass is 498 g/mol. The van der Waals surface area contributed by atoms with Crippen LogP contribution in [0.1, 0.15) is 28.9 Å². The number of nitrogens with two attached hydrogens (primary N) is 1. The average molecular weight is 499 g/mol. The molecule has 0 spiro atoms. The smallest absolute Gasteiger partial charge is 0.253 e. The van der Waals surface area contributed by atoms with E-state index in [9.17, 15) is 9.90 Å². The fourth-order valence-corrected chi connectivity index (χ4v) is 4.93. The number of hydrogen-bond acceptors (Lipinski definition) is 9. The fourth-order valence-electron chi connectivity index (χ4n) is 4.93. The minimum Gasteiger partial charge on any atom is -0.386 e. The summed E-state index contributed by atoms with van der Waals surface area (Å²) in [4.78, 5) is 33.8. The van der Waals surface area contributed by atoms with Crippen LogP contribution in [0.3, 0.4) is 0 Å². The largest absolute Gasteiger partial charge is 0.386 e. The van der Waals surface area contributed by atoms with Gasteiger partial charge in [-0.1, -0.05) is 0 Å². The lowest BCUT2D eigenvalue weighted by Crippen LogP contribution is -2.54. The number of nitrogens with zero attached hydrogens (tertiary/aromatic N) is 6. The molecular formula is C27H30N8O2. The summed E-state index contributed by atoms with van der Waals surface area (Å²) < 4.78 is 0. The van der Waals surface area contributed by atoms with Gasteiger partial charge in [-0.3, -0.25) is 14.8 Å². The first-order valence-corrected chi connectivity index (χ1v) is 12.2. The molecule has 0 radical (unpaired) electrons. The van der Waals surface area contributed by atoms with E-state index in [4.69, 9.17) is 5.73 Å². The van der Waals surface area contributed by atoms with Crippen molar-refractivity contribution in [3.05, 3.63) is 72.3 Å². The number of nitrogen functional groups attached to an aromatic ring is 1. The second-order valence-electron chi connectivity index (χ2n) is 9.59. The first-order chi connectivity index (χ1) is 17.8. The Morgan fingerprint density at radius 1 is 1.19 bits per heavy atom. The number of β-amino-alcohol motifs (C(OH)–C–C–N with tert-alkyl or cyclic N) is 1. The Morgan fingerprint density at radius 2 is 2.00 bits per heavy atom. The molecule has 1 amide bonds. The second-order valence-corrected chi connectivity index (χ2v) is 9.59. The maximum absolute atomic E-state index is 13.2. The van der Waals surface area contributed by atoms with Gasteiger partial charge in [-0.05, 0) is 56.2 Å². The first kappa shape index (κ1) is 24.4. The topological polar surface area (TPSA) is 133 Å². The summed E-state index contributed by atoms with van der Waals surface area (Å²) >= 11 is 0. The van der Waals surface area contributed by atoms with Crippen LogP contribution < -0.4 is 16.0 Å². The number of piperidine rings is 1. The first-order valence-electron chi connectivity index (χ1n) is 12.2. The van der Waals surface area contributed by atoms with Gasteiger partial charge < -0.3 is 26.0 Å². The van der Waals surface area contributed by atoms with Crippen LogP contribution in [0.15, 0.2) is 61.1 Å². The van der Waals surface area contributed by atoms with Crippen LogP contribution in [0.4, 0.5) is 23.1 Å². The quantitative estimate of drug-likeness (QED) is 0.366. The van der Waals surface area contributed by atoms with Gasteiger partial charge in [-0.25, -0.2) is 4.98 Å². The van der Waals surface area contributed by atoms with Crippen LogP contribution in [0, 0.1) is 6.92 Å². The molecule has 10 nitrogen and oxygen atoms in total. The minimum atomic E-state index is -1.03. The van der Waals surface area contributed by atoms with Gasteiger partial charge in [-0.15, -0.1) is 0 Å². The summed E-state index contributed by atoms with van der Waals surface area (Å²) in [6.07, 6.45) is 6.74. The lowest BCUT2D eigenvalue weighted by Gasteiger charge is -2.42. The molecule has 0 aliphatic carbocycles. The van der Waals surface area contributed by atoms with Crippen molar-refractivity contribution in [2.75, 3.05) is 42.6 Å². The number of carbonyl (C=O) groups excluding carboxylic acids is 1. The zero-order chi connectivity index (χ0) is 26.0. The molecule has 4 heterocycles. The minimum absolute atomic E-state index is 0.155. The standard InChI is InChI=1S/C27H30N8O2/c1-18-14-24(33-26(28)31-18)32-20-6-4-19(5-7-20)25(36)34(2)16-27(37)10-3-13-35(17-27)23-9-12-30-22-8-11-29-15-21(22)23/h4-9,11-12,14-15,37H,3,10,13,16-17H2,1-2H3,(H3,28,31,32,33)/t27-/m1/s1. The predicted molar refractivity (Wildman–Crippen MR) is 144 cm³/mol. The van der Waals surface area contributed by atoms with Gasteiger partial charge in [0.1, 0.15) is 5.82 Å². The summed E-state index contributed by atoms with van der Waals surface area (Å²) in [6, 6.07) is 12.8. The number of fused-ring (bicyclic) bond motifs is 1. The Hall–Kier alpha value is -4.31. The van der Waals surface area contributed by atoms with Crippen molar-refractivity contribution in [3.63, 3.8) is 0 Å². The van der Waals surface area contributed by atoms with Crippen molar-refractivity contribution in [1.82, 2.24) is 24.8 Å². The maximum Gasteiger partial charge on any atom is 0.253 e. The predicted octanol–water partition coefficient (Wildman–Crippen LogP) is 3.16. The molecule has 37 heavy (non-hydrogen) atoms. The highest BCUT2D eigenvalue weighted by Gasteiger charge is 2.36. The summed E-state index contributed by atoms with van der Waals surface area (Å²) in [7, 11) is 1.73. The van der Waals surface area contributed by atoms with Crippen LogP contribution in [0.25, 0.3) is 10.9 Å². The molecular weight excluding hydrogens is 468 g/mol. The number of hydrogen-bond donors (Lipinski definition) is 3. The maximum atomic E-state index is 13.2. The van der Waals surface area contributed by atoms with Gasteiger partial charge in [0.2, 0.25) is 5.95 Å². The van der Waals surface area contributed by atoms with Crippen LogP contribution in [-0.2, 0) is 0 Å².